The molecule has 1 aliphatic heterocycles. The first-order chi connectivity index (χ1) is 5.70. The van der Waals surface area contributed by atoms with E-state index in [0.29, 0.717) is 6.61 Å². The summed E-state index contributed by atoms with van der Waals surface area (Å²) in [5.74, 6) is 0. The molecule has 0 aromatic rings. The number of hydrogen-bond donors (Lipinski definition) is 1. The van der Waals surface area contributed by atoms with E-state index in [1.165, 1.54) is 24.1 Å². The molecule has 3 heteroatoms. The normalized spacial score (nSPS) is 24.2. The molecule has 1 rings (SSSR count). The lowest BCUT2D eigenvalue weighted by molar-refractivity contribution is -0.911. The van der Waals surface area contributed by atoms with Gasteiger partial charge in [-0.15, -0.1) is 0 Å². The SMILES string of the molecule is CC[N+]1(C)CCN(CCO)CC1. The predicted octanol–water partition coefficient (Wildman–Crippen LogP) is -0.239. The number of likely N-dealkylation sites (N-methyl/N-ethyl adjacent to an activating group) is 1. The van der Waals surface area contributed by atoms with Crippen molar-refractivity contribution >= 4 is 0 Å². The van der Waals surface area contributed by atoms with Crippen molar-refractivity contribution in [3.63, 3.8) is 0 Å². The third-order valence-electron chi connectivity index (χ3n) is 3.09. The average molecular weight is 173 g/mol. The molecule has 1 fully saturated rings. The van der Waals surface area contributed by atoms with E-state index in [4.69, 9.17) is 5.11 Å². The molecule has 1 aliphatic rings. The smallest absolute Gasteiger partial charge is 0.0914 e. The van der Waals surface area contributed by atoms with E-state index in [-0.39, 0.29) is 0 Å². The van der Waals surface area contributed by atoms with Crippen LogP contribution < -0.4 is 0 Å². The van der Waals surface area contributed by atoms with Crippen molar-refractivity contribution in [3.8, 4) is 0 Å². The van der Waals surface area contributed by atoms with Crippen molar-refractivity contribution in [1.29, 1.82) is 0 Å². The van der Waals surface area contributed by atoms with Gasteiger partial charge in [-0.1, -0.05) is 0 Å². The van der Waals surface area contributed by atoms with Crippen LogP contribution in [0.1, 0.15) is 6.92 Å². The second-order valence-electron chi connectivity index (χ2n) is 3.95. The quantitative estimate of drug-likeness (QED) is 0.596. The highest BCUT2D eigenvalue weighted by Gasteiger charge is 2.25. The Kier molecular flexibility index (Phi) is 3.50. The number of β-amino-alcohol motifs (C(OH)–C–C–N with tert-alkyl or cyclic N) is 1. The highest BCUT2D eigenvalue weighted by Crippen LogP contribution is 2.08. The number of hydrogen-bond acceptors (Lipinski definition) is 2. The Morgan fingerprint density at radius 3 is 2.33 bits per heavy atom. The van der Waals surface area contributed by atoms with Crippen molar-refractivity contribution in [2.75, 3.05) is 52.9 Å². The van der Waals surface area contributed by atoms with E-state index in [2.05, 4.69) is 18.9 Å². The number of rotatable bonds is 3. The number of nitrogens with zero attached hydrogens (tertiary/aromatic N) is 2. The van der Waals surface area contributed by atoms with Gasteiger partial charge < -0.3 is 9.59 Å². The summed E-state index contributed by atoms with van der Waals surface area (Å²) >= 11 is 0. The van der Waals surface area contributed by atoms with Crippen LogP contribution in [0.5, 0.6) is 0 Å². The van der Waals surface area contributed by atoms with Crippen LogP contribution in [0.15, 0.2) is 0 Å². The lowest BCUT2D eigenvalue weighted by atomic mass is 10.2. The van der Waals surface area contributed by atoms with Gasteiger partial charge in [-0.05, 0) is 6.92 Å². The van der Waals surface area contributed by atoms with Crippen molar-refractivity contribution in [2.24, 2.45) is 0 Å². The summed E-state index contributed by atoms with van der Waals surface area (Å²) in [5, 5.41) is 8.76. The maximum absolute atomic E-state index is 8.76. The minimum absolute atomic E-state index is 0.301. The molecule has 0 atom stereocenters. The van der Waals surface area contributed by atoms with Crippen molar-refractivity contribution in [1.82, 2.24) is 4.90 Å². The van der Waals surface area contributed by atoms with E-state index in [9.17, 15) is 0 Å². The zero-order chi connectivity index (χ0) is 9.03. The predicted molar refractivity (Wildman–Crippen MR) is 50.0 cm³/mol. The van der Waals surface area contributed by atoms with Gasteiger partial charge in [0.25, 0.3) is 0 Å². The molecule has 0 amide bonds. The molecule has 0 aliphatic carbocycles. The van der Waals surface area contributed by atoms with E-state index in [1.54, 1.807) is 0 Å². The molecule has 0 radical (unpaired) electrons. The van der Waals surface area contributed by atoms with Gasteiger partial charge in [0.2, 0.25) is 0 Å². The maximum Gasteiger partial charge on any atom is 0.0914 e. The molecule has 1 N–H and O–H groups in total. The second kappa shape index (κ2) is 4.21. The number of aliphatic hydroxyl groups excluding tert-OH is 1. The summed E-state index contributed by atoms with van der Waals surface area (Å²) in [4.78, 5) is 2.34. The number of piperazine rings is 1. The first kappa shape index (κ1) is 9.96. The molecule has 0 aromatic carbocycles. The van der Waals surface area contributed by atoms with Crippen LogP contribution >= 0.6 is 0 Å². The summed E-state index contributed by atoms with van der Waals surface area (Å²) in [6, 6.07) is 0. The van der Waals surface area contributed by atoms with Crippen molar-refractivity contribution in [3.05, 3.63) is 0 Å². The van der Waals surface area contributed by atoms with Crippen LogP contribution in [0, 0.1) is 0 Å². The Balaban J connectivity index is 2.29. The Labute approximate surface area is 75.2 Å². The molecule has 72 valence electrons. The van der Waals surface area contributed by atoms with Crippen LogP contribution in [0.4, 0.5) is 0 Å². The molecule has 0 unspecified atom stereocenters. The van der Waals surface area contributed by atoms with E-state index >= 15 is 0 Å². The molecule has 12 heavy (non-hydrogen) atoms. The molecule has 1 saturated heterocycles. The second-order valence-corrected chi connectivity index (χ2v) is 3.95. The van der Waals surface area contributed by atoms with Gasteiger partial charge in [0.1, 0.15) is 0 Å². The maximum atomic E-state index is 8.76. The first-order valence-electron chi connectivity index (χ1n) is 4.87. The van der Waals surface area contributed by atoms with Gasteiger partial charge in [0, 0.05) is 19.6 Å². The van der Waals surface area contributed by atoms with Crippen LogP contribution in [-0.2, 0) is 0 Å². The summed E-state index contributed by atoms with van der Waals surface area (Å²) in [7, 11) is 2.32. The fourth-order valence-electron chi connectivity index (χ4n) is 1.67. The standard InChI is InChI=1S/C9H21N2O/c1-3-11(2)7-4-10(5-8-11)6-9-12/h12H,3-9H2,1-2H3/q+1. The highest BCUT2D eigenvalue weighted by molar-refractivity contribution is 4.61. The summed E-state index contributed by atoms with van der Waals surface area (Å²) in [5.41, 5.74) is 0. The zero-order valence-electron chi connectivity index (χ0n) is 8.29. The molecule has 0 bridgehead atoms. The fraction of sp³-hybridized carbons (Fsp3) is 1.00. The molecule has 1 heterocycles. The van der Waals surface area contributed by atoms with Crippen LogP contribution in [0.2, 0.25) is 0 Å². The Hall–Kier alpha value is -0.120. The van der Waals surface area contributed by atoms with Crippen LogP contribution in [-0.4, -0.2) is 67.4 Å². The molecule has 0 aromatic heterocycles. The topological polar surface area (TPSA) is 23.5 Å². The Bertz CT molecular complexity index is 130. The lowest BCUT2D eigenvalue weighted by Gasteiger charge is -2.41. The minimum Gasteiger partial charge on any atom is -0.395 e. The first-order valence-corrected chi connectivity index (χ1v) is 4.87. The molecular weight excluding hydrogens is 152 g/mol. The van der Waals surface area contributed by atoms with E-state index in [0.717, 1.165) is 19.6 Å². The third-order valence-corrected chi connectivity index (χ3v) is 3.09. The zero-order valence-corrected chi connectivity index (χ0v) is 8.29. The Morgan fingerprint density at radius 2 is 1.92 bits per heavy atom. The van der Waals surface area contributed by atoms with Gasteiger partial charge in [0.15, 0.2) is 0 Å². The largest absolute Gasteiger partial charge is 0.395 e. The van der Waals surface area contributed by atoms with Crippen LogP contribution in [0.3, 0.4) is 0 Å². The Morgan fingerprint density at radius 1 is 1.33 bits per heavy atom. The minimum atomic E-state index is 0.301. The summed E-state index contributed by atoms with van der Waals surface area (Å²) < 4.78 is 1.20. The monoisotopic (exact) mass is 173 g/mol. The van der Waals surface area contributed by atoms with Crippen molar-refractivity contribution in [2.45, 2.75) is 6.92 Å². The summed E-state index contributed by atoms with van der Waals surface area (Å²) in [6.45, 7) is 9.39. The van der Waals surface area contributed by atoms with Gasteiger partial charge in [0.05, 0.1) is 33.3 Å². The molecule has 0 spiro atoms. The third kappa shape index (κ3) is 2.44. The average Bonchev–Trinajstić information content (AvgIpc) is 2.10. The summed E-state index contributed by atoms with van der Waals surface area (Å²) in [6.07, 6.45) is 0. The van der Waals surface area contributed by atoms with Crippen LogP contribution in [0.25, 0.3) is 0 Å². The molecule has 3 nitrogen and oxygen atoms in total. The molecular formula is C9H21N2O+. The lowest BCUT2D eigenvalue weighted by Crippen LogP contribution is -2.57. The highest BCUT2D eigenvalue weighted by atomic mass is 16.3. The fourth-order valence-corrected chi connectivity index (χ4v) is 1.67. The molecule has 0 saturated carbocycles. The van der Waals surface area contributed by atoms with Gasteiger partial charge in [-0.2, -0.15) is 0 Å². The van der Waals surface area contributed by atoms with Gasteiger partial charge >= 0.3 is 0 Å². The van der Waals surface area contributed by atoms with E-state index < -0.39 is 0 Å². The van der Waals surface area contributed by atoms with E-state index in [1.807, 2.05) is 0 Å². The van der Waals surface area contributed by atoms with Crippen molar-refractivity contribution < 1.29 is 9.59 Å². The van der Waals surface area contributed by atoms with Gasteiger partial charge in [-0.25, -0.2) is 0 Å². The number of aliphatic hydroxyl groups is 1. The number of quaternary nitrogens is 1. The van der Waals surface area contributed by atoms with Gasteiger partial charge in [-0.3, -0.25) is 4.90 Å².